The van der Waals surface area contributed by atoms with Crippen molar-refractivity contribution in [1.29, 1.82) is 0 Å². The lowest BCUT2D eigenvalue weighted by Gasteiger charge is -2.23. The molecule has 3 nitrogen and oxygen atoms in total. The second-order valence-corrected chi connectivity index (χ2v) is 7.56. The minimum atomic E-state index is -0.214. The Balaban J connectivity index is 2.18. The van der Waals surface area contributed by atoms with Crippen molar-refractivity contribution < 1.29 is 14.3 Å². The van der Waals surface area contributed by atoms with Gasteiger partial charge in [-0.2, -0.15) is 0 Å². The van der Waals surface area contributed by atoms with E-state index in [0.717, 1.165) is 18.4 Å². The zero-order chi connectivity index (χ0) is 17.3. The van der Waals surface area contributed by atoms with E-state index in [-0.39, 0.29) is 11.6 Å². The van der Waals surface area contributed by atoms with E-state index >= 15 is 0 Å². The van der Waals surface area contributed by atoms with Crippen LogP contribution in [0, 0.1) is 11.8 Å². The van der Waals surface area contributed by atoms with Crippen LogP contribution in [0.5, 0.6) is 0 Å². The van der Waals surface area contributed by atoms with Crippen LogP contribution in [0.15, 0.2) is 23.8 Å². The van der Waals surface area contributed by atoms with Crippen molar-refractivity contribution in [2.45, 2.75) is 71.8 Å². The van der Waals surface area contributed by atoms with Gasteiger partial charge < -0.3 is 9.47 Å². The van der Waals surface area contributed by atoms with E-state index in [2.05, 4.69) is 26.8 Å². The first-order valence-electron chi connectivity index (χ1n) is 8.89. The minimum Gasteiger partial charge on any atom is -0.462 e. The zero-order valence-corrected chi connectivity index (χ0v) is 15.6. The molecule has 0 saturated heterocycles. The molecule has 1 unspecified atom stereocenters. The number of methoxy groups -OCH3 is 1. The summed E-state index contributed by atoms with van der Waals surface area (Å²) in [5, 5.41) is 0. The highest BCUT2D eigenvalue weighted by Crippen LogP contribution is 2.28. The van der Waals surface area contributed by atoms with E-state index in [4.69, 9.17) is 9.47 Å². The van der Waals surface area contributed by atoms with Gasteiger partial charge in [-0.3, -0.25) is 0 Å². The highest BCUT2D eigenvalue weighted by atomic mass is 16.5. The summed E-state index contributed by atoms with van der Waals surface area (Å²) in [6.07, 6.45) is 12.7. The number of hydrogen-bond acceptors (Lipinski definition) is 3. The Hall–Kier alpha value is -1.09. The van der Waals surface area contributed by atoms with Crippen molar-refractivity contribution in [3.8, 4) is 0 Å². The van der Waals surface area contributed by atoms with Gasteiger partial charge in [-0.1, -0.05) is 31.9 Å². The summed E-state index contributed by atoms with van der Waals surface area (Å²) >= 11 is 0. The molecule has 0 radical (unpaired) electrons. The van der Waals surface area contributed by atoms with Gasteiger partial charge in [-0.15, -0.1) is 0 Å². The summed E-state index contributed by atoms with van der Waals surface area (Å²) in [5.41, 5.74) is 0.939. The molecular formula is C20H34O3. The molecule has 1 fully saturated rings. The molecule has 0 aromatic rings. The van der Waals surface area contributed by atoms with Gasteiger partial charge in [0.15, 0.2) is 0 Å². The van der Waals surface area contributed by atoms with Gasteiger partial charge >= 0.3 is 5.97 Å². The van der Waals surface area contributed by atoms with Crippen molar-refractivity contribution in [3.05, 3.63) is 23.8 Å². The molecule has 1 aliphatic carbocycles. The smallest absolute Gasteiger partial charge is 0.331 e. The number of rotatable bonds is 11. The Morgan fingerprint density at radius 1 is 1.35 bits per heavy atom. The molecule has 1 atom stereocenters. The molecule has 3 heteroatoms. The van der Waals surface area contributed by atoms with E-state index < -0.39 is 0 Å². The summed E-state index contributed by atoms with van der Waals surface area (Å²) in [4.78, 5) is 11.6. The lowest BCUT2D eigenvalue weighted by atomic mass is 9.95. The maximum Gasteiger partial charge on any atom is 0.331 e. The largest absolute Gasteiger partial charge is 0.462 e. The SMILES string of the molecule is COC(C)(C)CCCC(C)CC=CC(C)=CC(=O)OCC1CC1. The molecule has 0 spiro atoms. The van der Waals surface area contributed by atoms with Crippen LogP contribution >= 0.6 is 0 Å². The molecule has 0 heterocycles. The number of ether oxygens (including phenoxy) is 2. The van der Waals surface area contributed by atoms with Gasteiger partial charge in [0.2, 0.25) is 0 Å². The van der Waals surface area contributed by atoms with Gasteiger partial charge in [0.05, 0.1) is 12.2 Å². The maximum atomic E-state index is 11.6. The van der Waals surface area contributed by atoms with Gasteiger partial charge in [-0.25, -0.2) is 4.79 Å². The fourth-order valence-corrected chi connectivity index (χ4v) is 2.34. The van der Waals surface area contributed by atoms with Gasteiger partial charge in [0.25, 0.3) is 0 Å². The van der Waals surface area contributed by atoms with Crippen LogP contribution in [0.2, 0.25) is 0 Å². The molecule has 0 amide bonds. The summed E-state index contributed by atoms with van der Waals surface area (Å²) in [6.45, 7) is 9.07. The quantitative estimate of drug-likeness (QED) is 0.303. The van der Waals surface area contributed by atoms with Crippen LogP contribution < -0.4 is 0 Å². The first-order chi connectivity index (χ1) is 10.8. The number of carbonyl (C=O) groups is 1. The average molecular weight is 322 g/mol. The van der Waals surface area contributed by atoms with Crippen LogP contribution in [0.4, 0.5) is 0 Å². The molecule has 0 bridgehead atoms. The molecule has 1 saturated carbocycles. The van der Waals surface area contributed by atoms with Crippen LogP contribution in [-0.2, 0) is 14.3 Å². The molecule has 23 heavy (non-hydrogen) atoms. The van der Waals surface area contributed by atoms with E-state index in [1.807, 2.05) is 13.0 Å². The topological polar surface area (TPSA) is 35.5 Å². The maximum absolute atomic E-state index is 11.6. The number of allylic oxidation sites excluding steroid dienone is 3. The van der Waals surface area contributed by atoms with Gasteiger partial charge in [-0.05, 0) is 63.9 Å². The van der Waals surface area contributed by atoms with Crippen LogP contribution in [0.25, 0.3) is 0 Å². The first kappa shape index (κ1) is 20.0. The van der Waals surface area contributed by atoms with Crippen molar-refractivity contribution >= 4 is 5.97 Å². The van der Waals surface area contributed by atoms with Crippen molar-refractivity contribution in [1.82, 2.24) is 0 Å². The van der Waals surface area contributed by atoms with Crippen molar-refractivity contribution in [2.75, 3.05) is 13.7 Å². The van der Waals surface area contributed by atoms with Crippen molar-refractivity contribution in [2.24, 2.45) is 11.8 Å². The molecule has 1 rings (SSSR count). The lowest BCUT2D eigenvalue weighted by Crippen LogP contribution is -2.22. The zero-order valence-electron chi connectivity index (χ0n) is 15.6. The Morgan fingerprint density at radius 2 is 2.04 bits per heavy atom. The number of carbonyl (C=O) groups excluding carboxylic acids is 1. The predicted octanol–water partition coefficient (Wildman–Crippen LogP) is 5.06. The number of esters is 1. The molecule has 132 valence electrons. The van der Waals surface area contributed by atoms with E-state index in [1.54, 1.807) is 13.2 Å². The monoisotopic (exact) mass is 322 g/mol. The van der Waals surface area contributed by atoms with E-state index in [9.17, 15) is 4.79 Å². The van der Waals surface area contributed by atoms with Crippen LogP contribution in [0.1, 0.15) is 66.2 Å². The molecule has 0 aliphatic heterocycles. The van der Waals surface area contributed by atoms with Gasteiger partial charge in [0.1, 0.15) is 0 Å². The molecule has 0 aromatic heterocycles. The third kappa shape index (κ3) is 10.3. The van der Waals surface area contributed by atoms with E-state index in [1.165, 1.54) is 25.7 Å². The molecule has 1 aliphatic rings. The normalized spacial score (nSPS) is 17.5. The third-order valence-corrected chi connectivity index (χ3v) is 4.45. The Labute approximate surface area is 142 Å². The van der Waals surface area contributed by atoms with Crippen LogP contribution in [-0.4, -0.2) is 25.3 Å². The summed E-state index contributed by atoms with van der Waals surface area (Å²) < 4.78 is 10.6. The first-order valence-corrected chi connectivity index (χ1v) is 8.89. The summed E-state index contributed by atoms with van der Waals surface area (Å²) in [5.74, 6) is 1.05. The number of hydrogen-bond donors (Lipinski definition) is 0. The average Bonchev–Trinajstić information content (AvgIpc) is 3.29. The van der Waals surface area contributed by atoms with E-state index in [0.29, 0.717) is 18.4 Å². The fraction of sp³-hybridized carbons (Fsp3) is 0.750. The third-order valence-electron chi connectivity index (χ3n) is 4.45. The molecule has 0 N–H and O–H groups in total. The van der Waals surface area contributed by atoms with Crippen LogP contribution in [0.3, 0.4) is 0 Å². The van der Waals surface area contributed by atoms with Crippen molar-refractivity contribution in [3.63, 3.8) is 0 Å². The Bertz CT molecular complexity index is 417. The molecule has 0 aromatic carbocycles. The standard InChI is InChI=1S/C20H34O3/c1-16(10-7-13-20(3,4)22-5)8-6-9-17(2)14-19(21)23-15-18-11-12-18/h6,9,14,16,18H,7-8,10-13,15H2,1-5H3. The molecular weight excluding hydrogens is 288 g/mol. The Morgan fingerprint density at radius 3 is 2.65 bits per heavy atom. The van der Waals surface area contributed by atoms with Gasteiger partial charge in [0, 0.05) is 13.2 Å². The fourth-order valence-electron chi connectivity index (χ4n) is 2.34. The lowest BCUT2D eigenvalue weighted by molar-refractivity contribution is -0.138. The Kier molecular flexibility index (Phi) is 8.60. The highest BCUT2D eigenvalue weighted by molar-refractivity contribution is 5.83. The summed E-state index contributed by atoms with van der Waals surface area (Å²) in [6, 6.07) is 0. The highest BCUT2D eigenvalue weighted by Gasteiger charge is 2.22. The minimum absolute atomic E-state index is 0.0181. The predicted molar refractivity (Wildman–Crippen MR) is 95.3 cm³/mol. The second kappa shape index (κ2) is 9.92. The second-order valence-electron chi connectivity index (χ2n) is 7.56. The summed E-state index contributed by atoms with van der Waals surface area (Å²) in [7, 11) is 1.77.